The number of hydrogen-bond donors (Lipinski definition) is 1. The molecule has 5 heteroatoms. The molecule has 1 heterocycles. The maximum absolute atomic E-state index is 11.9. The van der Waals surface area contributed by atoms with E-state index in [0.29, 0.717) is 4.88 Å². The first-order valence-electron chi connectivity index (χ1n) is 6.32. The number of benzene rings is 1. The number of nitrogens with one attached hydrogen (secondary N) is 1. The minimum atomic E-state index is -0.463. The van der Waals surface area contributed by atoms with Crippen LogP contribution in [-0.4, -0.2) is 24.0 Å². The summed E-state index contributed by atoms with van der Waals surface area (Å²) in [6.07, 6.45) is 0. The van der Waals surface area contributed by atoms with Crippen LogP contribution in [0, 0.1) is 0 Å². The molecule has 0 radical (unpaired) electrons. The fourth-order valence-corrected chi connectivity index (χ4v) is 2.70. The molecule has 1 amide bonds. The van der Waals surface area contributed by atoms with Crippen LogP contribution in [0.1, 0.15) is 30.4 Å². The number of ether oxygens (including phenoxy) is 1. The largest absolute Gasteiger partial charge is 0.451 e. The van der Waals surface area contributed by atoms with Crippen molar-refractivity contribution in [2.24, 2.45) is 0 Å². The van der Waals surface area contributed by atoms with Crippen LogP contribution in [0.25, 0.3) is 10.1 Å². The second-order valence-corrected chi connectivity index (χ2v) is 6.61. The van der Waals surface area contributed by atoms with E-state index in [0.717, 1.165) is 10.1 Å². The quantitative estimate of drug-likeness (QED) is 0.885. The van der Waals surface area contributed by atoms with E-state index < -0.39 is 5.97 Å². The predicted molar refractivity (Wildman–Crippen MR) is 80.0 cm³/mol. The van der Waals surface area contributed by atoms with Crippen molar-refractivity contribution in [1.29, 1.82) is 0 Å². The van der Waals surface area contributed by atoms with Gasteiger partial charge in [0.1, 0.15) is 4.88 Å². The lowest BCUT2D eigenvalue weighted by Gasteiger charge is -2.20. The van der Waals surface area contributed by atoms with Crippen molar-refractivity contribution in [2.75, 3.05) is 6.61 Å². The average Bonchev–Trinajstić information content (AvgIpc) is 2.77. The van der Waals surface area contributed by atoms with Gasteiger partial charge in [0.2, 0.25) is 0 Å². The smallest absolute Gasteiger partial charge is 0.348 e. The van der Waals surface area contributed by atoms with Crippen LogP contribution in [0.15, 0.2) is 30.3 Å². The van der Waals surface area contributed by atoms with Gasteiger partial charge in [-0.1, -0.05) is 18.2 Å². The maximum atomic E-state index is 11.9. The lowest BCUT2D eigenvalue weighted by molar-refractivity contribution is -0.125. The molecule has 1 aromatic heterocycles. The molecule has 1 N–H and O–H groups in total. The molecule has 0 aliphatic heterocycles. The molecule has 106 valence electrons. The Morgan fingerprint density at radius 2 is 1.95 bits per heavy atom. The van der Waals surface area contributed by atoms with Crippen LogP contribution in [0.3, 0.4) is 0 Å². The summed E-state index contributed by atoms with van der Waals surface area (Å²) in [6, 6.07) is 9.51. The lowest BCUT2D eigenvalue weighted by atomic mass is 10.1. The SMILES string of the molecule is CC(C)(C)NC(=O)COC(=O)c1cc2ccccc2s1. The molecule has 0 spiro atoms. The van der Waals surface area contributed by atoms with Crippen LogP contribution >= 0.6 is 11.3 Å². The molecule has 0 saturated carbocycles. The molecule has 0 aliphatic rings. The second kappa shape index (κ2) is 5.63. The standard InChI is InChI=1S/C15H17NO3S/c1-15(2,3)16-13(17)9-19-14(18)12-8-10-6-4-5-7-11(10)20-12/h4-8H,9H2,1-3H3,(H,16,17). The zero-order chi connectivity index (χ0) is 14.8. The first kappa shape index (κ1) is 14.5. The summed E-state index contributed by atoms with van der Waals surface area (Å²) in [5.74, 6) is -0.762. The number of carbonyl (C=O) groups excluding carboxylic acids is 2. The molecule has 0 saturated heterocycles. The highest BCUT2D eigenvalue weighted by molar-refractivity contribution is 7.20. The Bertz CT molecular complexity index is 607. The topological polar surface area (TPSA) is 55.4 Å². The molecular formula is C15H17NO3S. The van der Waals surface area contributed by atoms with E-state index in [1.165, 1.54) is 11.3 Å². The Kier molecular flexibility index (Phi) is 4.09. The molecule has 0 fully saturated rings. The van der Waals surface area contributed by atoms with E-state index in [4.69, 9.17) is 4.74 Å². The molecule has 2 rings (SSSR count). The number of thiophene rings is 1. The zero-order valence-electron chi connectivity index (χ0n) is 11.7. The predicted octanol–water partition coefficient (Wildman–Crippen LogP) is 2.97. The summed E-state index contributed by atoms with van der Waals surface area (Å²) in [7, 11) is 0. The monoisotopic (exact) mass is 291 g/mol. The Morgan fingerprint density at radius 3 is 2.60 bits per heavy atom. The first-order chi connectivity index (χ1) is 9.35. The summed E-state index contributed by atoms with van der Waals surface area (Å²) in [5, 5.41) is 3.74. The van der Waals surface area contributed by atoms with Crippen molar-refractivity contribution in [1.82, 2.24) is 5.32 Å². The summed E-state index contributed by atoms with van der Waals surface area (Å²) in [6.45, 7) is 5.36. The van der Waals surface area contributed by atoms with E-state index in [-0.39, 0.29) is 18.1 Å². The van der Waals surface area contributed by atoms with E-state index in [2.05, 4.69) is 5.32 Å². The van der Waals surface area contributed by atoms with Gasteiger partial charge in [0, 0.05) is 10.2 Å². The fraction of sp³-hybridized carbons (Fsp3) is 0.333. The third-order valence-corrected chi connectivity index (χ3v) is 3.57. The van der Waals surface area contributed by atoms with Crippen LogP contribution in [-0.2, 0) is 9.53 Å². The van der Waals surface area contributed by atoms with Crippen molar-refractivity contribution >= 4 is 33.3 Å². The van der Waals surface area contributed by atoms with Crippen molar-refractivity contribution in [3.05, 3.63) is 35.2 Å². The van der Waals surface area contributed by atoms with Crippen LogP contribution in [0.2, 0.25) is 0 Å². The zero-order valence-corrected chi connectivity index (χ0v) is 12.5. The highest BCUT2D eigenvalue weighted by atomic mass is 32.1. The van der Waals surface area contributed by atoms with Gasteiger partial charge in [-0.05, 0) is 38.3 Å². The molecule has 0 aliphatic carbocycles. The number of fused-ring (bicyclic) bond motifs is 1. The van der Waals surface area contributed by atoms with Gasteiger partial charge in [0.25, 0.3) is 5.91 Å². The fourth-order valence-electron chi connectivity index (χ4n) is 1.74. The third-order valence-electron chi connectivity index (χ3n) is 2.48. The van der Waals surface area contributed by atoms with E-state index in [1.807, 2.05) is 45.0 Å². The van der Waals surface area contributed by atoms with Gasteiger partial charge in [-0.15, -0.1) is 11.3 Å². The van der Waals surface area contributed by atoms with Crippen LogP contribution in [0.5, 0.6) is 0 Å². The van der Waals surface area contributed by atoms with Gasteiger partial charge in [-0.25, -0.2) is 4.79 Å². The number of esters is 1. The Balaban J connectivity index is 1.97. The molecule has 0 atom stereocenters. The van der Waals surface area contributed by atoms with E-state index in [1.54, 1.807) is 6.07 Å². The minimum Gasteiger partial charge on any atom is -0.451 e. The molecule has 4 nitrogen and oxygen atoms in total. The van der Waals surface area contributed by atoms with Gasteiger partial charge < -0.3 is 10.1 Å². The second-order valence-electron chi connectivity index (χ2n) is 5.52. The summed E-state index contributed by atoms with van der Waals surface area (Å²) in [4.78, 5) is 24.0. The van der Waals surface area contributed by atoms with Crippen molar-refractivity contribution in [3.63, 3.8) is 0 Å². The number of carbonyl (C=O) groups is 2. The van der Waals surface area contributed by atoms with Crippen LogP contribution < -0.4 is 5.32 Å². The molecule has 2 aromatic rings. The summed E-state index contributed by atoms with van der Waals surface area (Å²) in [5.41, 5.74) is -0.332. The van der Waals surface area contributed by atoms with Gasteiger partial charge in [0.15, 0.2) is 6.61 Å². The molecular weight excluding hydrogens is 274 g/mol. The van der Waals surface area contributed by atoms with Gasteiger partial charge in [-0.3, -0.25) is 4.79 Å². The lowest BCUT2D eigenvalue weighted by Crippen LogP contribution is -2.42. The number of hydrogen-bond acceptors (Lipinski definition) is 4. The van der Waals surface area contributed by atoms with Crippen molar-refractivity contribution < 1.29 is 14.3 Å². The first-order valence-corrected chi connectivity index (χ1v) is 7.13. The van der Waals surface area contributed by atoms with Crippen molar-refractivity contribution in [3.8, 4) is 0 Å². The molecule has 0 bridgehead atoms. The van der Waals surface area contributed by atoms with Gasteiger partial charge >= 0.3 is 5.97 Å². The van der Waals surface area contributed by atoms with Crippen molar-refractivity contribution in [2.45, 2.75) is 26.3 Å². The normalized spacial score (nSPS) is 11.3. The Hall–Kier alpha value is -1.88. The number of rotatable bonds is 3. The number of amides is 1. The maximum Gasteiger partial charge on any atom is 0.348 e. The molecule has 1 aromatic carbocycles. The highest BCUT2D eigenvalue weighted by Gasteiger charge is 2.17. The Morgan fingerprint density at radius 1 is 1.25 bits per heavy atom. The third kappa shape index (κ3) is 3.81. The average molecular weight is 291 g/mol. The summed E-state index contributed by atoms with van der Waals surface area (Å²) < 4.78 is 6.05. The molecule has 20 heavy (non-hydrogen) atoms. The highest BCUT2D eigenvalue weighted by Crippen LogP contribution is 2.25. The van der Waals surface area contributed by atoms with Gasteiger partial charge in [-0.2, -0.15) is 0 Å². The minimum absolute atomic E-state index is 0.260. The van der Waals surface area contributed by atoms with E-state index >= 15 is 0 Å². The molecule has 0 unspecified atom stereocenters. The Labute approximate surface area is 121 Å². The van der Waals surface area contributed by atoms with Crippen LogP contribution in [0.4, 0.5) is 0 Å². The van der Waals surface area contributed by atoms with Gasteiger partial charge in [0.05, 0.1) is 0 Å². The van der Waals surface area contributed by atoms with E-state index in [9.17, 15) is 9.59 Å². The summed E-state index contributed by atoms with van der Waals surface area (Å²) >= 11 is 1.36.